The number of hydrogen-bond donors (Lipinski definition) is 1. The number of ether oxygens (including phenoxy) is 1. The van der Waals surface area contributed by atoms with Crippen molar-refractivity contribution in [2.24, 2.45) is 17.6 Å². The molecule has 1 saturated carbocycles. The maximum Gasteiger partial charge on any atom is 0.165 e. The molecule has 100 valence electrons. The lowest BCUT2D eigenvalue weighted by Gasteiger charge is -2.36. The van der Waals surface area contributed by atoms with Gasteiger partial charge in [0.25, 0.3) is 0 Å². The highest BCUT2D eigenvalue weighted by atomic mass is 19.1. The molecular formula is C15H22FNO. The first-order chi connectivity index (χ1) is 8.58. The molecule has 1 aromatic rings. The van der Waals surface area contributed by atoms with Crippen LogP contribution in [0, 0.1) is 17.7 Å². The van der Waals surface area contributed by atoms with E-state index < -0.39 is 0 Å². The van der Waals surface area contributed by atoms with Crippen molar-refractivity contribution in [1.29, 1.82) is 0 Å². The number of nitrogens with two attached hydrogens (primary N) is 1. The molecular weight excluding hydrogens is 229 g/mol. The van der Waals surface area contributed by atoms with E-state index in [0.717, 1.165) is 19.3 Å². The Kier molecular flexibility index (Phi) is 4.23. The molecule has 0 radical (unpaired) electrons. The van der Waals surface area contributed by atoms with Crippen LogP contribution in [-0.2, 0) is 0 Å². The Morgan fingerprint density at radius 1 is 1.28 bits per heavy atom. The van der Waals surface area contributed by atoms with E-state index in [1.165, 1.54) is 6.07 Å². The summed E-state index contributed by atoms with van der Waals surface area (Å²) in [6.07, 6.45) is 2.97. The van der Waals surface area contributed by atoms with Crippen molar-refractivity contribution in [3.8, 4) is 5.75 Å². The van der Waals surface area contributed by atoms with E-state index in [1.54, 1.807) is 18.2 Å². The van der Waals surface area contributed by atoms with Crippen LogP contribution in [0.25, 0.3) is 0 Å². The zero-order valence-electron chi connectivity index (χ0n) is 11.1. The van der Waals surface area contributed by atoms with Gasteiger partial charge in [-0.15, -0.1) is 0 Å². The number of rotatable bonds is 3. The summed E-state index contributed by atoms with van der Waals surface area (Å²) in [5.41, 5.74) is 6.09. The highest BCUT2D eigenvalue weighted by molar-refractivity contribution is 5.24. The van der Waals surface area contributed by atoms with Crippen LogP contribution < -0.4 is 10.5 Å². The summed E-state index contributed by atoms with van der Waals surface area (Å²) >= 11 is 0. The highest BCUT2D eigenvalue weighted by Gasteiger charge is 2.31. The van der Waals surface area contributed by atoms with E-state index in [9.17, 15) is 4.39 Å². The standard InChI is InChI=1S/C15H22FNO/c1-10(2)11-7-8-13(17)15(9-11)18-14-6-4-3-5-12(14)16/h3-6,10-11,13,15H,7-9,17H2,1-2H3. The molecule has 1 aliphatic rings. The average molecular weight is 251 g/mol. The molecule has 2 rings (SSSR count). The van der Waals surface area contributed by atoms with Crippen LogP contribution in [0.15, 0.2) is 24.3 Å². The molecule has 3 unspecified atom stereocenters. The second-order valence-corrected chi connectivity index (χ2v) is 5.57. The third-order valence-electron chi connectivity index (χ3n) is 3.94. The first-order valence-electron chi connectivity index (χ1n) is 6.74. The summed E-state index contributed by atoms with van der Waals surface area (Å²) < 4.78 is 19.3. The van der Waals surface area contributed by atoms with Gasteiger partial charge in [-0.25, -0.2) is 4.39 Å². The third kappa shape index (κ3) is 3.02. The Morgan fingerprint density at radius 2 is 2.00 bits per heavy atom. The lowest BCUT2D eigenvalue weighted by atomic mass is 9.78. The zero-order valence-corrected chi connectivity index (χ0v) is 11.1. The van der Waals surface area contributed by atoms with Gasteiger partial charge in [-0.2, -0.15) is 0 Å². The van der Waals surface area contributed by atoms with Gasteiger partial charge in [0.1, 0.15) is 6.10 Å². The molecule has 0 saturated heterocycles. The fourth-order valence-corrected chi connectivity index (χ4v) is 2.63. The van der Waals surface area contributed by atoms with Crippen LogP contribution in [0.1, 0.15) is 33.1 Å². The molecule has 0 amide bonds. The van der Waals surface area contributed by atoms with E-state index >= 15 is 0 Å². The zero-order chi connectivity index (χ0) is 13.1. The minimum absolute atomic E-state index is 0.0135. The SMILES string of the molecule is CC(C)C1CCC(N)C(Oc2ccccc2F)C1. The van der Waals surface area contributed by atoms with Crippen molar-refractivity contribution in [1.82, 2.24) is 0 Å². The molecule has 0 aromatic heterocycles. The fraction of sp³-hybridized carbons (Fsp3) is 0.600. The van der Waals surface area contributed by atoms with E-state index in [1.807, 2.05) is 0 Å². The van der Waals surface area contributed by atoms with Crippen LogP contribution >= 0.6 is 0 Å². The Morgan fingerprint density at radius 3 is 2.67 bits per heavy atom. The van der Waals surface area contributed by atoms with E-state index in [2.05, 4.69) is 13.8 Å². The first-order valence-corrected chi connectivity index (χ1v) is 6.74. The van der Waals surface area contributed by atoms with Crippen LogP contribution in [-0.4, -0.2) is 12.1 Å². The Hall–Kier alpha value is -1.09. The predicted molar refractivity (Wildman–Crippen MR) is 71.0 cm³/mol. The molecule has 1 aliphatic carbocycles. The van der Waals surface area contributed by atoms with Gasteiger partial charge in [0.05, 0.1) is 0 Å². The van der Waals surface area contributed by atoms with E-state index in [-0.39, 0.29) is 18.0 Å². The Bertz CT molecular complexity index is 394. The van der Waals surface area contributed by atoms with E-state index in [0.29, 0.717) is 17.6 Å². The van der Waals surface area contributed by atoms with Gasteiger partial charge in [-0.05, 0) is 43.2 Å². The van der Waals surface area contributed by atoms with Gasteiger partial charge in [-0.1, -0.05) is 26.0 Å². The number of para-hydroxylation sites is 1. The minimum atomic E-state index is -0.309. The summed E-state index contributed by atoms with van der Waals surface area (Å²) in [7, 11) is 0. The summed E-state index contributed by atoms with van der Waals surface area (Å²) in [6.45, 7) is 4.45. The summed E-state index contributed by atoms with van der Waals surface area (Å²) in [4.78, 5) is 0. The van der Waals surface area contributed by atoms with Crippen molar-refractivity contribution >= 4 is 0 Å². The molecule has 1 fully saturated rings. The van der Waals surface area contributed by atoms with Crippen LogP contribution in [0.3, 0.4) is 0 Å². The maximum atomic E-state index is 13.6. The molecule has 0 aliphatic heterocycles. The molecule has 0 spiro atoms. The smallest absolute Gasteiger partial charge is 0.165 e. The maximum absolute atomic E-state index is 13.6. The van der Waals surface area contributed by atoms with Gasteiger partial charge in [0, 0.05) is 6.04 Å². The summed E-state index contributed by atoms with van der Waals surface area (Å²) in [6, 6.07) is 6.55. The van der Waals surface area contributed by atoms with Crippen molar-refractivity contribution in [3.63, 3.8) is 0 Å². The quantitative estimate of drug-likeness (QED) is 0.894. The van der Waals surface area contributed by atoms with Crippen molar-refractivity contribution in [2.45, 2.75) is 45.3 Å². The number of halogens is 1. The Balaban J connectivity index is 2.05. The lowest BCUT2D eigenvalue weighted by Crippen LogP contribution is -2.44. The molecule has 3 atom stereocenters. The van der Waals surface area contributed by atoms with Crippen molar-refractivity contribution in [2.75, 3.05) is 0 Å². The minimum Gasteiger partial charge on any atom is -0.486 e. The largest absolute Gasteiger partial charge is 0.486 e. The van der Waals surface area contributed by atoms with Gasteiger partial charge >= 0.3 is 0 Å². The first kappa shape index (κ1) is 13.3. The van der Waals surface area contributed by atoms with Crippen molar-refractivity contribution < 1.29 is 9.13 Å². The summed E-state index contributed by atoms with van der Waals surface area (Å²) in [5.74, 6) is 1.27. The highest BCUT2D eigenvalue weighted by Crippen LogP contribution is 2.32. The van der Waals surface area contributed by atoms with E-state index in [4.69, 9.17) is 10.5 Å². The molecule has 0 heterocycles. The average Bonchev–Trinajstić information content (AvgIpc) is 2.34. The van der Waals surface area contributed by atoms with Crippen LogP contribution in [0.5, 0.6) is 5.75 Å². The molecule has 1 aromatic carbocycles. The third-order valence-corrected chi connectivity index (χ3v) is 3.94. The van der Waals surface area contributed by atoms with Gasteiger partial charge in [0.15, 0.2) is 11.6 Å². The predicted octanol–water partition coefficient (Wildman–Crippen LogP) is 3.36. The molecule has 3 heteroatoms. The second kappa shape index (κ2) is 5.70. The number of benzene rings is 1. The van der Waals surface area contributed by atoms with Gasteiger partial charge < -0.3 is 10.5 Å². The summed E-state index contributed by atoms with van der Waals surface area (Å²) in [5, 5.41) is 0. The normalized spacial score (nSPS) is 28.4. The monoisotopic (exact) mass is 251 g/mol. The number of hydrogen-bond acceptors (Lipinski definition) is 2. The lowest BCUT2D eigenvalue weighted by molar-refractivity contribution is 0.0833. The molecule has 18 heavy (non-hydrogen) atoms. The topological polar surface area (TPSA) is 35.2 Å². The molecule has 2 N–H and O–H groups in total. The Labute approximate surface area is 108 Å². The fourth-order valence-electron chi connectivity index (χ4n) is 2.63. The second-order valence-electron chi connectivity index (χ2n) is 5.57. The van der Waals surface area contributed by atoms with Crippen LogP contribution in [0.4, 0.5) is 4.39 Å². The van der Waals surface area contributed by atoms with Crippen LogP contribution in [0.2, 0.25) is 0 Å². The van der Waals surface area contributed by atoms with Gasteiger partial charge in [-0.3, -0.25) is 0 Å². The molecule has 2 nitrogen and oxygen atoms in total. The molecule has 0 bridgehead atoms. The van der Waals surface area contributed by atoms with Crippen molar-refractivity contribution in [3.05, 3.63) is 30.1 Å². The van der Waals surface area contributed by atoms with Gasteiger partial charge in [0.2, 0.25) is 0 Å².